The maximum Gasteiger partial charge on any atom is 0.223 e. The minimum atomic E-state index is 0.199. The first-order valence-electron chi connectivity index (χ1n) is 8.73. The van der Waals surface area contributed by atoms with Gasteiger partial charge in [0.25, 0.3) is 0 Å². The molecule has 6 nitrogen and oxygen atoms in total. The summed E-state index contributed by atoms with van der Waals surface area (Å²) in [6.45, 7) is 7.64. The molecule has 1 fully saturated rings. The first-order chi connectivity index (χ1) is 11.6. The first kappa shape index (κ1) is 16.6. The number of hydrogen-bond acceptors (Lipinski definition) is 4. The highest BCUT2D eigenvalue weighted by atomic mass is 16.2. The van der Waals surface area contributed by atoms with E-state index in [1.165, 1.54) is 0 Å². The van der Waals surface area contributed by atoms with Crippen LogP contribution in [0.1, 0.15) is 50.5 Å². The zero-order valence-corrected chi connectivity index (χ0v) is 14.7. The average Bonchev–Trinajstić information content (AvgIpc) is 3.14. The van der Waals surface area contributed by atoms with E-state index in [1.54, 1.807) is 4.68 Å². The monoisotopic (exact) mass is 327 g/mol. The first-order valence-corrected chi connectivity index (χ1v) is 8.73. The van der Waals surface area contributed by atoms with Crippen molar-refractivity contribution in [1.29, 1.82) is 0 Å². The van der Waals surface area contributed by atoms with Crippen LogP contribution in [0.15, 0.2) is 18.2 Å². The lowest BCUT2D eigenvalue weighted by atomic mass is 10.1. The van der Waals surface area contributed by atoms with Crippen molar-refractivity contribution in [3.8, 4) is 5.82 Å². The Labute approximate surface area is 142 Å². The van der Waals surface area contributed by atoms with Crippen LogP contribution in [-0.4, -0.2) is 37.1 Å². The van der Waals surface area contributed by atoms with Gasteiger partial charge in [0, 0.05) is 25.1 Å². The van der Waals surface area contributed by atoms with Gasteiger partial charge in [0.1, 0.15) is 0 Å². The largest absolute Gasteiger partial charge is 0.335 e. The Kier molecular flexibility index (Phi) is 4.92. The Morgan fingerprint density at radius 3 is 2.79 bits per heavy atom. The number of pyridine rings is 1. The number of likely N-dealkylation sites (tertiary alicyclic amines) is 1. The van der Waals surface area contributed by atoms with Gasteiger partial charge in [-0.05, 0) is 31.4 Å². The van der Waals surface area contributed by atoms with E-state index >= 15 is 0 Å². The summed E-state index contributed by atoms with van der Waals surface area (Å²) >= 11 is 0. The summed E-state index contributed by atoms with van der Waals surface area (Å²) in [5.41, 5.74) is 0.940. The van der Waals surface area contributed by atoms with Crippen molar-refractivity contribution in [1.82, 2.24) is 24.6 Å². The Morgan fingerprint density at radius 2 is 2.12 bits per heavy atom. The Bertz CT molecular complexity index is 724. The molecule has 0 aliphatic carbocycles. The Balaban J connectivity index is 1.93. The molecule has 0 N–H and O–H groups in total. The number of hydrogen-bond donors (Lipinski definition) is 0. The van der Waals surface area contributed by atoms with Crippen LogP contribution in [0.25, 0.3) is 5.82 Å². The molecule has 0 saturated carbocycles. The van der Waals surface area contributed by atoms with Crippen molar-refractivity contribution in [2.24, 2.45) is 5.92 Å². The Morgan fingerprint density at radius 1 is 1.29 bits per heavy atom. The quantitative estimate of drug-likeness (QED) is 0.818. The number of rotatable bonds is 6. The van der Waals surface area contributed by atoms with Gasteiger partial charge in [-0.3, -0.25) is 4.79 Å². The lowest BCUT2D eigenvalue weighted by Crippen LogP contribution is -2.26. The summed E-state index contributed by atoms with van der Waals surface area (Å²) in [6.07, 6.45) is 3.50. The van der Waals surface area contributed by atoms with Crippen molar-refractivity contribution in [2.75, 3.05) is 6.54 Å². The second-order valence-corrected chi connectivity index (χ2v) is 6.63. The summed E-state index contributed by atoms with van der Waals surface area (Å²) in [4.78, 5) is 23.1. The van der Waals surface area contributed by atoms with Crippen LogP contribution >= 0.6 is 0 Å². The highest BCUT2D eigenvalue weighted by Gasteiger charge is 2.24. The van der Waals surface area contributed by atoms with Crippen LogP contribution in [0, 0.1) is 12.8 Å². The van der Waals surface area contributed by atoms with Crippen molar-refractivity contribution in [3.05, 3.63) is 35.5 Å². The van der Waals surface area contributed by atoms with Crippen LogP contribution in [0.4, 0.5) is 0 Å². The van der Waals surface area contributed by atoms with E-state index in [0.29, 0.717) is 18.9 Å². The third-order valence-electron chi connectivity index (χ3n) is 4.54. The lowest BCUT2D eigenvalue weighted by molar-refractivity contribution is -0.128. The fourth-order valence-electron chi connectivity index (χ4n) is 2.91. The summed E-state index contributed by atoms with van der Waals surface area (Å²) in [5.74, 6) is 3.12. The Hall–Kier alpha value is -2.24. The van der Waals surface area contributed by atoms with Crippen LogP contribution in [0.2, 0.25) is 0 Å². The van der Waals surface area contributed by atoms with Crippen LogP contribution in [-0.2, 0) is 17.8 Å². The minimum absolute atomic E-state index is 0.199. The molecule has 0 spiro atoms. The van der Waals surface area contributed by atoms with Crippen molar-refractivity contribution in [2.45, 2.75) is 53.0 Å². The molecule has 1 atom stereocenters. The molecule has 2 aromatic rings. The normalized spacial score (nSPS) is 16.0. The smallest absolute Gasteiger partial charge is 0.223 e. The van der Waals surface area contributed by atoms with Crippen molar-refractivity contribution in [3.63, 3.8) is 0 Å². The van der Waals surface area contributed by atoms with Gasteiger partial charge in [-0.15, -0.1) is 5.10 Å². The van der Waals surface area contributed by atoms with E-state index in [9.17, 15) is 4.79 Å². The van der Waals surface area contributed by atoms with Crippen LogP contribution in [0.5, 0.6) is 0 Å². The van der Waals surface area contributed by atoms with Gasteiger partial charge >= 0.3 is 0 Å². The summed E-state index contributed by atoms with van der Waals surface area (Å²) in [7, 11) is 0. The third kappa shape index (κ3) is 3.63. The van der Waals surface area contributed by atoms with Crippen molar-refractivity contribution < 1.29 is 4.79 Å². The van der Waals surface area contributed by atoms with Gasteiger partial charge < -0.3 is 4.90 Å². The molecule has 3 rings (SSSR count). The lowest BCUT2D eigenvalue weighted by Gasteiger charge is -2.15. The molecule has 0 unspecified atom stereocenters. The number of nitrogens with zero attached hydrogens (tertiary/aromatic N) is 5. The molecule has 6 heteroatoms. The molecule has 128 valence electrons. The molecule has 2 aromatic heterocycles. The van der Waals surface area contributed by atoms with E-state index in [4.69, 9.17) is 4.98 Å². The van der Waals surface area contributed by atoms with Gasteiger partial charge in [-0.25, -0.2) is 9.97 Å². The number of amides is 1. The number of carbonyl (C=O) groups is 1. The predicted octanol–water partition coefficient (Wildman–Crippen LogP) is 2.68. The maximum absolute atomic E-state index is 12.0. The molecule has 3 heterocycles. The van der Waals surface area contributed by atoms with E-state index < -0.39 is 0 Å². The molecule has 1 aliphatic rings. The van der Waals surface area contributed by atoms with Crippen LogP contribution < -0.4 is 0 Å². The predicted molar refractivity (Wildman–Crippen MR) is 91.7 cm³/mol. The fraction of sp³-hybridized carbons (Fsp3) is 0.556. The standard InChI is InChI=1S/C18H25N5O/c1-4-13(2)11-15-20-17(12-22-10-6-9-18(22)24)23(21-15)16-8-5-7-14(3)19-16/h5,7-8,13H,4,6,9-12H2,1-3H3/t13-/m0/s1. The van der Waals surface area contributed by atoms with Crippen molar-refractivity contribution >= 4 is 5.91 Å². The van der Waals surface area contributed by atoms with Gasteiger partial charge in [0.2, 0.25) is 5.91 Å². The highest BCUT2D eigenvalue weighted by molar-refractivity contribution is 5.77. The van der Waals surface area contributed by atoms with Crippen LogP contribution in [0.3, 0.4) is 0 Å². The zero-order chi connectivity index (χ0) is 17.1. The van der Waals surface area contributed by atoms with E-state index in [2.05, 4.69) is 23.9 Å². The molecule has 0 bridgehead atoms. The molecule has 1 aliphatic heterocycles. The molecule has 1 saturated heterocycles. The molecular weight excluding hydrogens is 302 g/mol. The van der Waals surface area contributed by atoms with Gasteiger partial charge in [-0.2, -0.15) is 4.68 Å². The second-order valence-electron chi connectivity index (χ2n) is 6.63. The van der Waals surface area contributed by atoms with E-state index in [-0.39, 0.29) is 5.91 Å². The summed E-state index contributed by atoms with van der Waals surface area (Å²) in [6, 6.07) is 5.87. The number of aromatic nitrogens is 4. The number of aryl methyl sites for hydroxylation is 1. The molecular formula is C18H25N5O. The SMILES string of the molecule is CC[C@H](C)Cc1nc(CN2CCCC2=O)n(-c2cccc(C)n2)n1. The minimum Gasteiger partial charge on any atom is -0.335 e. The zero-order valence-electron chi connectivity index (χ0n) is 14.7. The van der Waals surface area contributed by atoms with Gasteiger partial charge in [0.05, 0.1) is 6.54 Å². The average molecular weight is 327 g/mol. The van der Waals surface area contributed by atoms with Gasteiger partial charge in [0.15, 0.2) is 17.5 Å². The molecule has 24 heavy (non-hydrogen) atoms. The third-order valence-corrected chi connectivity index (χ3v) is 4.54. The summed E-state index contributed by atoms with van der Waals surface area (Å²) < 4.78 is 1.80. The maximum atomic E-state index is 12.0. The molecule has 1 amide bonds. The number of carbonyl (C=O) groups excluding carboxylic acids is 1. The highest BCUT2D eigenvalue weighted by Crippen LogP contribution is 2.17. The van der Waals surface area contributed by atoms with E-state index in [0.717, 1.165) is 49.0 Å². The topological polar surface area (TPSA) is 63.9 Å². The second kappa shape index (κ2) is 7.11. The summed E-state index contributed by atoms with van der Waals surface area (Å²) in [5, 5.41) is 4.68. The van der Waals surface area contributed by atoms with Gasteiger partial charge in [-0.1, -0.05) is 26.3 Å². The molecule has 0 radical (unpaired) electrons. The van der Waals surface area contributed by atoms with E-state index in [1.807, 2.05) is 30.0 Å². The fourth-order valence-corrected chi connectivity index (χ4v) is 2.91. The molecule has 0 aromatic carbocycles.